The van der Waals surface area contributed by atoms with E-state index < -0.39 is 11.7 Å². The number of methoxy groups -OCH3 is 1. The quantitative estimate of drug-likeness (QED) is 0.536. The monoisotopic (exact) mass is 154 g/mol. The minimum atomic E-state index is -0.764. The van der Waals surface area contributed by atoms with E-state index in [0.717, 1.165) is 0 Å². The van der Waals surface area contributed by atoms with Crippen molar-refractivity contribution in [1.82, 2.24) is 0 Å². The molecule has 3 heteroatoms. The Bertz CT molecular complexity index is 233. The highest BCUT2D eigenvalue weighted by Crippen LogP contribution is 2.44. The van der Waals surface area contributed by atoms with E-state index in [1.165, 1.54) is 7.11 Å². The number of aliphatic hydroxyl groups is 1. The summed E-state index contributed by atoms with van der Waals surface area (Å²) in [6.45, 7) is 0. The Morgan fingerprint density at radius 1 is 1.82 bits per heavy atom. The first kappa shape index (κ1) is 7.00. The Labute approximate surface area is 64.7 Å². The van der Waals surface area contributed by atoms with Crippen LogP contribution < -0.4 is 0 Å². The number of fused-ring (bicyclic) bond motifs is 1. The average Bonchev–Trinajstić information content (AvgIpc) is 2.00. The van der Waals surface area contributed by atoms with Crippen molar-refractivity contribution in [3.63, 3.8) is 0 Å². The Kier molecular flexibility index (Phi) is 1.23. The van der Waals surface area contributed by atoms with Crippen LogP contribution in [0.15, 0.2) is 12.2 Å². The topological polar surface area (TPSA) is 46.5 Å². The normalized spacial score (nSPS) is 47.3. The van der Waals surface area contributed by atoms with E-state index in [0.29, 0.717) is 0 Å². The van der Waals surface area contributed by atoms with Crippen LogP contribution in [0, 0.1) is 5.92 Å². The maximum absolute atomic E-state index is 11.3. The Balaban J connectivity index is 2.35. The minimum absolute atomic E-state index is 0.000000000000000222. The molecular weight excluding hydrogens is 144 g/mol. The van der Waals surface area contributed by atoms with Crippen molar-refractivity contribution < 1.29 is 14.6 Å². The highest BCUT2D eigenvalue weighted by molar-refractivity contribution is 5.95. The standard InChI is InChI=1S/C8H10O3/c1-11-8-3-2-5(8)6(9)4-7(8)10/h2-3,5-6,9H,4H2,1H3. The van der Waals surface area contributed by atoms with E-state index in [-0.39, 0.29) is 18.1 Å². The van der Waals surface area contributed by atoms with Gasteiger partial charge in [0.2, 0.25) is 0 Å². The molecule has 11 heavy (non-hydrogen) atoms. The zero-order valence-corrected chi connectivity index (χ0v) is 6.28. The minimum Gasteiger partial charge on any atom is -0.392 e. The third-order valence-electron chi connectivity index (χ3n) is 2.63. The van der Waals surface area contributed by atoms with Gasteiger partial charge in [0.05, 0.1) is 6.10 Å². The molecule has 2 rings (SSSR count). The van der Waals surface area contributed by atoms with Gasteiger partial charge in [0.25, 0.3) is 0 Å². The first-order chi connectivity index (χ1) is 5.20. The predicted molar refractivity (Wildman–Crippen MR) is 38.0 cm³/mol. The second-order valence-corrected chi connectivity index (χ2v) is 3.08. The molecule has 0 heterocycles. The first-order valence-corrected chi connectivity index (χ1v) is 3.66. The lowest BCUT2D eigenvalue weighted by molar-refractivity contribution is -0.135. The third-order valence-corrected chi connectivity index (χ3v) is 2.63. The number of ketones is 1. The number of Topliss-reactive ketones (excluding diaryl/α,β-unsaturated/α-hetero) is 1. The summed E-state index contributed by atoms with van der Waals surface area (Å²) in [5, 5.41) is 9.33. The zero-order valence-electron chi connectivity index (χ0n) is 6.28. The SMILES string of the molecule is COC12C=CC1C(O)CC2=O. The lowest BCUT2D eigenvalue weighted by Gasteiger charge is -2.35. The van der Waals surface area contributed by atoms with Crippen LogP contribution in [-0.4, -0.2) is 29.7 Å². The molecule has 0 aliphatic heterocycles. The van der Waals surface area contributed by atoms with E-state index in [1.807, 2.05) is 6.08 Å². The summed E-state index contributed by atoms with van der Waals surface area (Å²) < 4.78 is 5.08. The molecule has 0 radical (unpaired) electrons. The van der Waals surface area contributed by atoms with Gasteiger partial charge in [-0.05, 0) is 6.08 Å². The highest BCUT2D eigenvalue weighted by Gasteiger charge is 2.57. The van der Waals surface area contributed by atoms with E-state index in [2.05, 4.69) is 0 Å². The molecule has 3 unspecified atom stereocenters. The van der Waals surface area contributed by atoms with Crippen LogP contribution in [0.2, 0.25) is 0 Å². The molecule has 60 valence electrons. The first-order valence-electron chi connectivity index (χ1n) is 3.66. The van der Waals surface area contributed by atoms with Gasteiger partial charge in [-0.25, -0.2) is 0 Å². The average molecular weight is 154 g/mol. The van der Waals surface area contributed by atoms with E-state index in [9.17, 15) is 9.90 Å². The summed E-state index contributed by atoms with van der Waals surface area (Å²) in [4.78, 5) is 11.3. The molecule has 3 nitrogen and oxygen atoms in total. The van der Waals surface area contributed by atoms with Gasteiger partial charge in [0.15, 0.2) is 11.4 Å². The van der Waals surface area contributed by atoms with Crippen molar-refractivity contribution in [2.45, 2.75) is 18.1 Å². The van der Waals surface area contributed by atoms with Crippen LogP contribution in [-0.2, 0) is 9.53 Å². The number of aliphatic hydroxyl groups excluding tert-OH is 1. The van der Waals surface area contributed by atoms with Gasteiger partial charge < -0.3 is 9.84 Å². The Hall–Kier alpha value is -0.670. The Morgan fingerprint density at radius 2 is 2.55 bits per heavy atom. The van der Waals surface area contributed by atoms with Crippen LogP contribution in [0.3, 0.4) is 0 Å². The van der Waals surface area contributed by atoms with Gasteiger partial charge in [0.1, 0.15) is 0 Å². The number of hydrogen-bond acceptors (Lipinski definition) is 3. The number of rotatable bonds is 1. The molecule has 2 aliphatic carbocycles. The lowest BCUT2D eigenvalue weighted by Crippen LogP contribution is -2.46. The van der Waals surface area contributed by atoms with E-state index >= 15 is 0 Å². The van der Waals surface area contributed by atoms with Crippen molar-refractivity contribution in [2.75, 3.05) is 7.11 Å². The van der Waals surface area contributed by atoms with Crippen molar-refractivity contribution in [3.8, 4) is 0 Å². The number of ether oxygens (including phenoxy) is 1. The van der Waals surface area contributed by atoms with Crippen molar-refractivity contribution in [3.05, 3.63) is 12.2 Å². The second-order valence-electron chi connectivity index (χ2n) is 3.08. The predicted octanol–water partition coefficient (Wildman–Crippen LogP) is -0.109. The van der Waals surface area contributed by atoms with E-state index in [4.69, 9.17) is 4.74 Å². The van der Waals surface area contributed by atoms with Gasteiger partial charge in [-0.3, -0.25) is 4.79 Å². The largest absolute Gasteiger partial charge is 0.392 e. The molecule has 0 aromatic rings. The zero-order chi connectivity index (χ0) is 8.06. The maximum Gasteiger partial charge on any atom is 0.171 e. The fraction of sp³-hybridized carbons (Fsp3) is 0.625. The summed E-state index contributed by atoms with van der Waals surface area (Å²) in [6, 6.07) is 0. The van der Waals surface area contributed by atoms with Gasteiger partial charge in [-0.1, -0.05) is 6.08 Å². The molecule has 0 aromatic heterocycles. The Morgan fingerprint density at radius 3 is 2.82 bits per heavy atom. The van der Waals surface area contributed by atoms with Gasteiger partial charge in [-0.15, -0.1) is 0 Å². The summed E-state index contributed by atoms with van der Waals surface area (Å²) in [6.07, 6.45) is 3.26. The molecule has 0 amide bonds. The smallest absolute Gasteiger partial charge is 0.171 e. The number of carbonyl (C=O) groups excluding carboxylic acids is 1. The van der Waals surface area contributed by atoms with Crippen LogP contribution in [0.25, 0.3) is 0 Å². The second kappa shape index (κ2) is 1.93. The van der Waals surface area contributed by atoms with Crippen molar-refractivity contribution >= 4 is 5.78 Å². The number of hydrogen-bond donors (Lipinski definition) is 1. The molecule has 0 aromatic carbocycles. The molecule has 1 fully saturated rings. The van der Waals surface area contributed by atoms with Crippen LogP contribution in [0.1, 0.15) is 6.42 Å². The number of carbonyl (C=O) groups is 1. The fourth-order valence-electron chi connectivity index (χ4n) is 1.87. The fourth-order valence-corrected chi connectivity index (χ4v) is 1.87. The molecule has 1 saturated carbocycles. The molecule has 0 bridgehead atoms. The molecule has 2 aliphatic rings. The van der Waals surface area contributed by atoms with Gasteiger partial charge in [0, 0.05) is 19.4 Å². The van der Waals surface area contributed by atoms with Crippen molar-refractivity contribution in [2.24, 2.45) is 5.92 Å². The molecule has 0 saturated heterocycles. The summed E-state index contributed by atoms with van der Waals surface area (Å²) in [7, 11) is 1.51. The van der Waals surface area contributed by atoms with Crippen LogP contribution in [0.5, 0.6) is 0 Å². The highest BCUT2D eigenvalue weighted by atomic mass is 16.5. The molecular formula is C8H10O3. The van der Waals surface area contributed by atoms with Crippen LogP contribution >= 0.6 is 0 Å². The third kappa shape index (κ3) is 0.625. The maximum atomic E-state index is 11.3. The van der Waals surface area contributed by atoms with Gasteiger partial charge >= 0.3 is 0 Å². The molecule has 1 N–H and O–H groups in total. The summed E-state index contributed by atoms with van der Waals surface area (Å²) >= 11 is 0. The summed E-state index contributed by atoms with van der Waals surface area (Å²) in [5.74, 6) is -0.0972. The van der Waals surface area contributed by atoms with Crippen molar-refractivity contribution in [1.29, 1.82) is 0 Å². The van der Waals surface area contributed by atoms with Crippen LogP contribution in [0.4, 0.5) is 0 Å². The lowest BCUT2D eigenvalue weighted by atomic mass is 9.79. The van der Waals surface area contributed by atoms with E-state index in [1.54, 1.807) is 6.08 Å². The molecule has 3 atom stereocenters. The summed E-state index contributed by atoms with van der Waals surface area (Å²) in [5.41, 5.74) is -0.764. The van der Waals surface area contributed by atoms with Gasteiger partial charge in [-0.2, -0.15) is 0 Å². The molecule has 0 spiro atoms.